The Kier molecular flexibility index (Phi) is 7.63. The van der Waals surface area contributed by atoms with Gasteiger partial charge in [-0.2, -0.15) is 5.26 Å². The molecule has 0 spiro atoms. The van der Waals surface area contributed by atoms with Gasteiger partial charge in [-0.1, -0.05) is 30.5 Å². The van der Waals surface area contributed by atoms with E-state index < -0.39 is 17.6 Å². The fraction of sp³-hybridized carbons (Fsp3) is 0.261. The molecule has 31 heavy (non-hydrogen) atoms. The van der Waals surface area contributed by atoms with Crippen LogP contribution in [0.4, 0.5) is 10.1 Å². The number of amides is 2. The smallest absolute Gasteiger partial charge is 0.262 e. The standard InChI is InChI=1S/C23H21ClFN3O3/c24-20-12-15(11-16(13-26)23(30)28-18-3-1-2-4-18)5-10-21(20)31-14-22(29)27-19-8-6-17(25)7-9-19/h5-12,18H,1-4,14H2,(H,27,29)(H,28,30)/b16-11-. The van der Waals surface area contributed by atoms with Crippen molar-refractivity contribution in [1.29, 1.82) is 5.26 Å². The van der Waals surface area contributed by atoms with E-state index in [-0.39, 0.29) is 29.0 Å². The molecule has 3 rings (SSSR count). The molecule has 1 aliphatic rings. The van der Waals surface area contributed by atoms with Crippen molar-refractivity contribution in [3.05, 3.63) is 64.4 Å². The van der Waals surface area contributed by atoms with Crippen molar-refractivity contribution >= 4 is 35.2 Å². The third-order valence-corrected chi connectivity index (χ3v) is 5.10. The van der Waals surface area contributed by atoms with E-state index in [9.17, 15) is 19.2 Å². The maximum Gasteiger partial charge on any atom is 0.262 e. The first kappa shape index (κ1) is 22.3. The van der Waals surface area contributed by atoms with Crippen molar-refractivity contribution in [1.82, 2.24) is 5.32 Å². The zero-order chi connectivity index (χ0) is 22.2. The van der Waals surface area contributed by atoms with Gasteiger partial charge in [-0.3, -0.25) is 9.59 Å². The lowest BCUT2D eigenvalue weighted by atomic mass is 10.1. The molecule has 0 aliphatic heterocycles. The summed E-state index contributed by atoms with van der Waals surface area (Å²) in [5.41, 5.74) is 1.00. The van der Waals surface area contributed by atoms with Gasteiger partial charge >= 0.3 is 0 Å². The number of benzene rings is 2. The Balaban J connectivity index is 1.58. The van der Waals surface area contributed by atoms with E-state index >= 15 is 0 Å². The van der Waals surface area contributed by atoms with Crippen molar-refractivity contribution in [3.63, 3.8) is 0 Å². The van der Waals surface area contributed by atoms with E-state index in [0.29, 0.717) is 11.3 Å². The van der Waals surface area contributed by atoms with Crippen LogP contribution in [0, 0.1) is 17.1 Å². The summed E-state index contributed by atoms with van der Waals surface area (Å²) >= 11 is 6.22. The van der Waals surface area contributed by atoms with Gasteiger partial charge in [-0.05, 0) is 60.9 Å². The largest absolute Gasteiger partial charge is 0.482 e. The number of anilines is 1. The summed E-state index contributed by atoms with van der Waals surface area (Å²) in [5.74, 6) is -0.946. The summed E-state index contributed by atoms with van der Waals surface area (Å²) in [6, 6.07) is 12.1. The summed E-state index contributed by atoms with van der Waals surface area (Å²) in [5, 5.41) is 15.0. The summed E-state index contributed by atoms with van der Waals surface area (Å²) in [4.78, 5) is 24.3. The van der Waals surface area contributed by atoms with E-state index in [0.717, 1.165) is 25.7 Å². The predicted octanol–water partition coefficient (Wildman–Crippen LogP) is 4.46. The Morgan fingerprint density at radius 2 is 1.90 bits per heavy atom. The van der Waals surface area contributed by atoms with Crippen LogP contribution in [0.25, 0.3) is 6.08 Å². The minimum atomic E-state index is -0.429. The highest BCUT2D eigenvalue weighted by Crippen LogP contribution is 2.27. The van der Waals surface area contributed by atoms with E-state index in [1.54, 1.807) is 18.2 Å². The van der Waals surface area contributed by atoms with Crippen LogP contribution in [0.15, 0.2) is 48.0 Å². The number of ether oxygens (including phenoxy) is 1. The van der Waals surface area contributed by atoms with Crippen molar-refractivity contribution in [2.45, 2.75) is 31.7 Å². The van der Waals surface area contributed by atoms with Crippen LogP contribution < -0.4 is 15.4 Å². The Labute approximate surface area is 184 Å². The number of hydrogen-bond donors (Lipinski definition) is 2. The van der Waals surface area contributed by atoms with Crippen LogP contribution in [0.2, 0.25) is 5.02 Å². The quantitative estimate of drug-likeness (QED) is 0.490. The molecule has 8 heteroatoms. The highest BCUT2D eigenvalue weighted by Gasteiger charge is 2.19. The molecule has 1 aliphatic carbocycles. The molecule has 6 nitrogen and oxygen atoms in total. The molecule has 1 saturated carbocycles. The van der Waals surface area contributed by atoms with E-state index in [1.807, 2.05) is 6.07 Å². The number of halogens is 2. The second-order valence-corrected chi connectivity index (χ2v) is 7.57. The van der Waals surface area contributed by atoms with Crippen molar-refractivity contribution in [2.24, 2.45) is 0 Å². The second kappa shape index (κ2) is 10.6. The molecule has 0 aromatic heterocycles. The fourth-order valence-electron chi connectivity index (χ4n) is 3.25. The zero-order valence-electron chi connectivity index (χ0n) is 16.7. The average molecular weight is 442 g/mol. The first-order valence-electron chi connectivity index (χ1n) is 9.85. The molecule has 0 bridgehead atoms. The molecule has 0 radical (unpaired) electrons. The monoisotopic (exact) mass is 441 g/mol. The molecule has 1 fully saturated rings. The lowest BCUT2D eigenvalue weighted by molar-refractivity contribution is -0.118. The lowest BCUT2D eigenvalue weighted by Crippen LogP contribution is -2.33. The molecular formula is C23H21ClFN3O3. The molecule has 2 amide bonds. The number of nitrogens with zero attached hydrogens (tertiary/aromatic N) is 1. The molecular weight excluding hydrogens is 421 g/mol. The van der Waals surface area contributed by atoms with Gasteiger partial charge in [0.2, 0.25) is 0 Å². The molecule has 0 atom stereocenters. The molecule has 0 saturated heterocycles. The first-order valence-corrected chi connectivity index (χ1v) is 10.2. The van der Waals surface area contributed by atoms with Gasteiger partial charge in [0.15, 0.2) is 6.61 Å². The number of nitriles is 1. The van der Waals surface area contributed by atoms with Crippen LogP contribution in [0.5, 0.6) is 5.75 Å². The predicted molar refractivity (Wildman–Crippen MR) is 116 cm³/mol. The second-order valence-electron chi connectivity index (χ2n) is 7.16. The molecule has 2 aromatic rings. The highest BCUT2D eigenvalue weighted by molar-refractivity contribution is 6.32. The van der Waals surface area contributed by atoms with Crippen LogP contribution in [0.1, 0.15) is 31.2 Å². The van der Waals surface area contributed by atoms with Gasteiger partial charge in [0.05, 0.1) is 5.02 Å². The van der Waals surface area contributed by atoms with E-state index in [4.69, 9.17) is 16.3 Å². The number of rotatable bonds is 7. The average Bonchev–Trinajstić information content (AvgIpc) is 3.26. The van der Waals surface area contributed by atoms with Gasteiger partial charge in [0.1, 0.15) is 23.2 Å². The molecule has 2 aromatic carbocycles. The number of carbonyl (C=O) groups excluding carboxylic acids is 2. The molecule has 2 N–H and O–H groups in total. The molecule has 160 valence electrons. The van der Waals surface area contributed by atoms with Crippen LogP contribution in [-0.2, 0) is 9.59 Å². The van der Waals surface area contributed by atoms with Gasteiger partial charge in [-0.25, -0.2) is 4.39 Å². The summed E-state index contributed by atoms with van der Waals surface area (Å²) in [6.45, 7) is -0.292. The van der Waals surface area contributed by atoms with Gasteiger partial charge in [0.25, 0.3) is 11.8 Å². The Morgan fingerprint density at radius 1 is 1.19 bits per heavy atom. The van der Waals surface area contributed by atoms with Crippen molar-refractivity contribution < 1.29 is 18.7 Å². The van der Waals surface area contributed by atoms with Crippen LogP contribution in [0.3, 0.4) is 0 Å². The third kappa shape index (κ3) is 6.56. The maximum atomic E-state index is 12.9. The minimum absolute atomic E-state index is 0.00434. The summed E-state index contributed by atoms with van der Waals surface area (Å²) in [6.07, 6.45) is 5.47. The maximum absolute atomic E-state index is 12.9. The normalized spacial score (nSPS) is 14.0. The van der Waals surface area contributed by atoms with Crippen molar-refractivity contribution in [3.8, 4) is 11.8 Å². The van der Waals surface area contributed by atoms with E-state index in [2.05, 4.69) is 10.6 Å². The SMILES string of the molecule is N#C/C(=C/c1ccc(OCC(=O)Nc2ccc(F)cc2)c(Cl)c1)C(=O)NC1CCCC1. The van der Waals surface area contributed by atoms with Crippen molar-refractivity contribution in [2.75, 3.05) is 11.9 Å². The molecule has 0 unspecified atom stereocenters. The first-order chi connectivity index (χ1) is 14.9. The van der Waals surface area contributed by atoms with Gasteiger partial charge in [-0.15, -0.1) is 0 Å². The van der Waals surface area contributed by atoms with Crippen LogP contribution >= 0.6 is 11.6 Å². The summed E-state index contributed by atoms with van der Waals surface area (Å²) < 4.78 is 18.3. The van der Waals surface area contributed by atoms with Gasteiger partial charge in [0, 0.05) is 11.7 Å². The number of nitrogens with one attached hydrogen (secondary N) is 2. The topological polar surface area (TPSA) is 91.2 Å². The van der Waals surface area contributed by atoms with Crippen LogP contribution in [-0.4, -0.2) is 24.5 Å². The Hall–Kier alpha value is -3.37. The van der Waals surface area contributed by atoms with E-state index in [1.165, 1.54) is 30.3 Å². The third-order valence-electron chi connectivity index (χ3n) is 4.81. The minimum Gasteiger partial charge on any atom is -0.482 e. The lowest BCUT2D eigenvalue weighted by Gasteiger charge is -2.11. The zero-order valence-corrected chi connectivity index (χ0v) is 17.4. The van der Waals surface area contributed by atoms with Gasteiger partial charge < -0.3 is 15.4 Å². The number of hydrogen-bond acceptors (Lipinski definition) is 4. The summed E-state index contributed by atoms with van der Waals surface area (Å²) in [7, 11) is 0. The Morgan fingerprint density at radius 3 is 2.55 bits per heavy atom. The highest BCUT2D eigenvalue weighted by atomic mass is 35.5. The molecule has 0 heterocycles. The fourth-order valence-corrected chi connectivity index (χ4v) is 3.49. The Bertz CT molecular complexity index is 1030. The number of carbonyl (C=O) groups is 2.